The van der Waals surface area contributed by atoms with Gasteiger partial charge in [0.2, 0.25) is 5.91 Å². The molecule has 0 saturated carbocycles. The molecule has 0 atom stereocenters. The molecule has 0 saturated heterocycles. The van der Waals surface area contributed by atoms with Gasteiger partial charge in [0.1, 0.15) is 0 Å². The van der Waals surface area contributed by atoms with Crippen LogP contribution >= 0.6 is 0 Å². The van der Waals surface area contributed by atoms with Crippen LogP contribution in [0.4, 0.5) is 0 Å². The molecule has 1 amide bonds. The number of hydrogen-bond acceptors (Lipinski definition) is 4. The van der Waals surface area contributed by atoms with Crippen molar-refractivity contribution < 1.29 is 13.2 Å². The predicted molar refractivity (Wildman–Crippen MR) is 60.5 cm³/mol. The number of benzene rings is 1. The van der Waals surface area contributed by atoms with Crippen LogP contribution in [0.1, 0.15) is 5.56 Å². The van der Waals surface area contributed by atoms with Gasteiger partial charge < -0.3 is 11.1 Å². The lowest BCUT2D eigenvalue weighted by atomic mass is 10.2. The normalized spacial score (nSPS) is 11.1. The van der Waals surface area contributed by atoms with Gasteiger partial charge in [0.05, 0.1) is 11.4 Å². The van der Waals surface area contributed by atoms with Crippen molar-refractivity contribution >= 4 is 15.7 Å². The van der Waals surface area contributed by atoms with Gasteiger partial charge in [-0.15, -0.1) is 0 Å². The minimum Gasteiger partial charge on any atom is -0.351 e. The molecule has 0 spiro atoms. The van der Waals surface area contributed by atoms with Gasteiger partial charge in [-0.2, -0.15) is 0 Å². The highest BCUT2D eigenvalue weighted by Crippen LogP contribution is 2.14. The molecule has 1 aromatic carbocycles. The number of rotatable bonds is 4. The molecular formula is C10H14N2O3S. The molecule has 0 fully saturated rings. The first-order valence-electron chi connectivity index (χ1n) is 4.70. The second kappa shape index (κ2) is 5.09. The molecular weight excluding hydrogens is 228 g/mol. The Morgan fingerprint density at radius 3 is 2.56 bits per heavy atom. The standard InChI is InChI=1S/C10H14N2O3S/c1-16(14,15)9-5-3-2-4-8(9)7-12-10(13)6-11/h2-5H,6-7,11H2,1H3,(H,12,13). The van der Waals surface area contributed by atoms with E-state index in [0.29, 0.717) is 5.56 Å². The molecule has 3 N–H and O–H groups in total. The average molecular weight is 242 g/mol. The van der Waals surface area contributed by atoms with Crippen molar-refractivity contribution in [1.82, 2.24) is 5.32 Å². The van der Waals surface area contributed by atoms with E-state index in [4.69, 9.17) is 5.73 Å². The Labute approximate surface area is 94.6 Å². The second-order valence-corrected chi connectivity index (χ2v) is 5.34. The number of carbonyl (C=O) groups excluding carboxylic acids is 1. The van der Waals surface area contributed by atoms with Gasteiger partial charge in [-0.05, 0) is 11.6 Å². The molecule has 1 aromatic rings. The summed E-state index contributed by atoms with van der Waals surface area (Å²) in [5.41, 5.74) is 5.69. The van der Waals surface area contributed by atoms with Gasteiger partial charge in [-0.25, -0.2) is 8.42 Å². The summed E-state index contributed by atoms with van der Waals surface area (Å²) in [6.45, 7) is 0.0559. The van der Waals surface area contributed by atoms with Crippen molar-refractivity contribution in [3.63, 3.8) is 0 Å². The van der Waals surface area contributed by atoms with Gasteiger partial charge in [0, 0.05) is 12.8 Å². The fourth-order valence-electron chi connectivity index (χ4n) is 1.28. The molecule has 0 heterocycles. The molecule has 88 valence electrons. The first-order valence-corrected chi connectivity index (χ1v) is 6.59. The zero-order valence-corrected chi connectivity index (χ0v) is 9.75. The maximum absolute atomic E-state index is 11.4. The van der Waals surface area contributed by atoms with E-state index < -0.39 is 9.84 Å². The Bertz CT molecular complexity index is 483. The van der Waals surface area contributed by atoms with Gasteiger partial charge in [0.25, 0.3) is 0 Å². The van der Waals surface area contributed by atoms with E-state index in [0.717, 1.165) is 6.26 Å². The van der Waals surface area contributed by atoms with E-state index in [-0.39, 0.29) is 23.9 Å². The Hall–Kier alpha value is -1.40. The number of nitrogens with one attached hydrogen (secondary N) is 1. The van der Waals surface area contributed by atoms with Gasteiger partial charge in [-0.3, -0.25) is 4.79 Å². The highest BCUT2D eigenvalue weighted by atomic mass is 32.2. The Kier molecular flexibility index (Phi) is 4.03. The van der Waals surface area contributed by atoms with Crippen LogP contribution in [0, 0.1) is 0 Å². The molecule has 0 radical (unpaired) electrons. The number of amides is 1. The van der Waals surface area contributed by atoms with Crippen LogP contribution in [-0.2, 0) is 21.2 Å². The number of hydrogen-bond donors (Lipinski definition) is 2. The lowest BCUT2D eigenvalue weighted by Gasteiger charge is -2.08. The summed E-state index contributed by atoms with van der Waals surface area (Å²) in [5.74, 6) is -0.316. The van der Waals surface area contributed by atoms with Crippen LogP contribution in [0.25, 0.3) is 0 Å². The predicted octanol–water partition coefficient (Wildman–Crippen LogP) is -0.335. The van der Waals surface area contributed by atoms with Crippen LogP contribution < -0.4 is 11.1 Å². The van der Waals surface area contributed by atoms with Crippen molar-refractivity contribution in [1.29, 1.82) is 0 Å². The highest BCUT2D eigenvalue weighted by molar-refractivity contribution is 7.90. The van der Waals surface area contributed by atoms with Gasteiger partial charge in [0.15, 0.2) is 9.84 Å². The van der Waals surface area contributed by atoms with E-state index in [1.807, 2.05) is 0 Å². The Morgan fingerprint density at radius 1 is 1.38 bits per heavy atom. The van der Waals surface area contributed by atoms with Crippen LogP contribution in [0.2, 0.25) is 0 Å². The molecule has 1 rings (SSSR count). The molecule has 0 bridgehead atoms. The largest absolute Gasteiger partial charge is 0.351 e. The van der Waals surface area contributed by atoms with E-state index in [2.05, 4.69) is 5.32 Å². The topological polar surface area (TPSA) is 89.3 Å². The molecule has 0 aromatic heterocycles. The van der Waals surface area contributed by atoms with E-state index in [9.17, 15) is 13.2 Å². The van der Waals surface area contributed by atoms with Crippen molar-refractivity contribution in [2.75, 3.05) is 12.8 Å². The maximum atomic E-state index is 11.4. The third-order valence-corrected chi connectivity index (χ3v) is 3.23. The van der Waals surface area contributed by atoms with Gasteiger partial charge >= 0.3 is 0 Å². The summed E-state index contributed by atoms with van der Waals surface area (Å²) in [6.07, 6.45) is 1.14. The first kappa shape index (κ1) is 12.7. The Balaban J connectivity index is 2.93. The SMILES string of the molecule is CS(=O)(=O)c1ccccc1CNC(=O)CN. The monoisotopic (exact) mass is 242 g/mol. The van der Waals surface area contributed by atoms with Gasteiger partial charge in [-0.1, -0.05) is 18.2 Å². The summed E-state index contributed by atoms with van der Waals surface area (Å²) in [6, 6.07) is 6.54. The van der Waals surface area contributed by atoms with Crippen molar-refractivity contribution in [3.8, 4) is 0 Å². The molecule has 0 aliphatic carbocycles. The summed E-state index contributed by atoms with van der Waals surface area (Å²) < 4.78 is 22.9. The quantitative estimate of drug-likeness (QED) is 0.756. The van der Waals surface area contributed by atoms with Crippen molar-refractivity contribution in [3.05, 3.63) is 29.8 Å². The molecule has 0 aliphatic rings. The summed E-state index contributed by atoms with van der Waals surface area (Å²) >= 11 is 0. The van der Waals surface area contributed by atoms with E-state index in [1.165, 1.54) is 6.07 Å². The average Bonchev–Trinajstić information content (AvgIpc) is 2.25. The Morgan fingerprint density at radius 2 is 2.00 bits per heavy atom. The summed E-state index contributed by atoms with van der Waals surface area (Å²) in [4.78, 5) is 11.2. The maximum Gasteiger partial charge on any atom is 0.234 e. The fourth-order valence-corrected chi connectivity index (χ4v) is 2.22. The molecule has 16 heavy (non-hydrogen) atoms. The van der Waals surface area contributed by atoms with Crippen LogP contribution in [0.5, 0.6) is 0 Å². The van der Waals surface area contributed by atoms with Crippen LogP contribution in [-0.4, -0.2) is 27.1 Å². The summed E-state index contributed by atoms with van der Waals surface area (Å²) in [7, 11) is -3.27. The number of sulfone groups is 1. The third kappa shape index (κ3) is 3.32. The second-order valence-electron chi connectivity index (χ2n) is 3.36. The number of nitrogens with two attached hydrogens (primary N) is 1. The minimum atomic E-state index is -3.27. The fraction of sp³-hybridized carbons (Fsp3) is 0.300. The van der Waals surface area contributed by atoms with E-state index in [1.54, 1.807) is 18.2 Å². The zero-order valence-electron chi connectivity index (χ0n) is 8.93. The highest BCUT2D eigenvalue weighted by Gasteiger charge is 2.12. The minimum absolute atomic E-state index is 0.110. The first-order chi connectivity index (χ1) is 7.45. The van der Waals surface area contributed by atoms with E-state index >= 15 is 0 Å². The lowest BCUT2D eigenvalue weighted by molar-refractivity contribution is -0.119. The molecule has 6 heteroatoms. The zero-order chi connectivity index (χ0) is 12.2. The number of carbonyl (C=O) groups is 1. The smallest absolute Gasteiger partial charge is 0.234 e. The van der Waals surface area contributed by atoms with Crippen molar-refractivity contribution in [2.24, 2.45) is 5.73 Å². The molecule has 5 nitrogen and oxygen atoms in total. The van der Waals surface area contributed by atoms with Crippen LogP contribution in [0.3, 0.4) is 0 Å². The molecule has 0 unspecified atom stereocenters. The van der Waals surface area contributed by atoms with Crippen LogP contribution in [0.15, 0.2) is 29.2 Å². The summed E-state index contributed by atoms with van der Waals surface area (Å²) in [5, 5.41) is 2.53. The lowest BCUT2D eigenvalue weighted by Crippen LogP contribution is -2.30. The third-order valence-electron chi connectivity index (χ3n) is 2.03. The van der Waals surface area contributed by atoms with Crippen molar-refractivity contribution in [2.45, 2.75) is 11.4 Å². The molecule has 0 aliphatic heterocycles.